The SMILES string of the molecule is CCCC(=O)O.FC(F)(F)Oc1ccc(C=Cc2nc(COc3ncc(CCCCn4ccnn4)cn3)co2)cc1. The van der Waals surface area contributed by atoms with Crippen LogP contribution in [0.15, 0.2) is 59.7 Å². The quantitative estimate of drug-likeness (QED) is 0.201. The molecule has 4 aromatic rings. The molecule has 0 amide bonds. The first kappa shape index (κ1) is 30.8. The van der Waals surface area contributed by atoms with Crippen molar-refractivity contribution in [2.75, 3.05) is 0 Å². The Labute approximate surface area is 233 Å². The molecular formula is C27H29F3N6O5. The van der Waals surface area contributed by atoms with E-state index in [1.165, 1.54) is 30.5 Å². The van der Waals surface area contributed by atoms with E-state index in [0.29, 0.717) is 23.6 Å². The third kappa shape index (κ3) is 12.3. The number of nitrogens with zero attached hydrogens (tertiary/aromatic N) is 6. The van der Waals surface area contributed by atoms with Gasteiger partial charge < -0.3 is 19.0 Å². The highest BCUT2D eigenvalue weighted by Crippen LogP contribution is 2.23. The van der Waals surface area contributed by atoms with E-state index in [1.54, 1.807) is 35.4 Å². The number of rotatable bonds is 13. The number of carboxylic acid groups (broad SMARTS) is 1. The van der Waals surface area contributed by atoms with Gasteiger partial charge in [0, 0.05) is 37.6 Å². The molecular weight excluding hydrogens is 545 g/mol. The number of halogens is 3. The third-order valence-corrected chi connectivity index (χ3v) is 5.17. The Morgan fingerprint density at radius 1 is 1.12 bits per heavy atom. The van der Waals surface area contributed by atoms with Gasteiger partial charge in [-0.1, -0.05) is 24.3 Å². The third-order valence-electron chi connectivity index (χ3n) is 5.17. The average Bonchev–Trinajstić information content (AvgIpc) is 3.62. The summed E-state index contributed by atoms with van der Waals surface area (Å²) in [6.07, 6.45) is 10.8. The molecule has 0 aliphatic heterocycles. The zero-order valence-corrected chi connectivity index (χ0v) is 22.2. The van der Waals surface area contributed by atoms with Gasteiger partial charge in [0.05, 0.1) is 6.20 Å². The van der Waals surface area contributed by atoms with Crippen LogP contribution in [-0.4, -0.2) is 47.4 Å². The molecule has 0 saturated carbocycles. The smallest absolute Gasteiger partial charge is 0.481 e. The fourth-order valence-corrected chi connectivity index (χ4v) is 3.27. The molecule has 14 heteroatoms. The van der Waals surface area contributed by atoms with Crippen molar-refractivity contribution in [3.8, 4) is 11.8 Å². The molecule has 0 saturated heterocycles. The number of oxazole rings is 1. The first-order valence-electron chi connectivity index (χ1n) is 12.7. The minimum absolute atomic E-state index is 0.123. The summed E-state index contributed by atoms with van der Waals surface area (Å²) in [4.78, 5) is 22.3. The van der Waals surface area contributed by atoms with Crippen LogP contribution in [0.25, 0.3) is 12.2 Å². The van der Waals surface area contributed by atoms with Crippen molar-refractivity contribution in [3.63, 3.8) is 0 Å². The first-order valence-corrected chi connectivity index (χ1v) is 12.7. The van der Waals surface area contributed by atoms with Crippen LogP contribution < -0.4 is 9.47 Å². The number of carboxylic acids is 1. The second kappa shape index (κ2) is 15.7. The van der Waals surface area contributed by atoms with Crippen molar-refractivity contribution in [1.82, 2.24) is 29.9 Å². The van der Waals surface area contributed by atoms with Gasteiger partial charge in [0.15, 0.2) is 0 Å². The molecule has 3 heterocycles. The van der Waals surface area contributed by atoms with Gasteiger partial charge in [-0.25, -0.2) is 15.0 Å². The predicted octanol–water partition coefficient (Wildman–Crippen LogP) is 5.60. The van der Waals surface area contributed by atoms with Gasteiger partial charge in [0.2, 0.25) is 5.89 Å². The summed E-state index contributed by atoms with van der Waals surface area (Å²) in [6, 6.07) is 5.67. The maximum atomic E-state index is 12.2. The van der Waals surface area contributed by atoms with Crippen molar-refractivity contribution in [2.24, 2.45) is 0 Å². The Morgan fingerprint density at radius 3 is 2.49 bits per heavy atom. The summed E-state index contributed by atoms with van der Waals surface area (Å²) < 4.78 is 53.2. The van der Waals surface area contributed by atoms with E-state index >= 15 is 0 Å². The minimum Gasteiger partial charge on any atom is -0.481 e. The van der Waals surface area contributed by atoms with E-state index < -0.39 is 12.3 Å². The number of benzene rings is 1. The normalized spacial score (nSPS) is 11.2. The summed E-state index contributed by atoms with van der Waals surface area (Å²) in [7, 11) is 0. The second-order valence-corrected chi connectivity index (χ2v) is 8.56. The Bertz CT molecular complexity index is 1340. The maximum absolute atomic E-state index is 12.2. The Morgan fingerprint density at radius 2 is 1.88 bits per heavy atom. The lowest BCUT2D eigenvalue weighted by atomic mass is 10.1. The van der Waals surface area contributed by atoms with Crippen molar-refractivity contribution >= 4 is 18.1 Å². The number of aromatic nitrogens is 6. The van der Waals surface area contributed by atoms with Gasteiger partial charge in [0.25, 0.3) is 0 Å². The van der Waals surface area contributed by atoms with Crippen LogP contribution >= 0.6 is 0 Å². The number of ether oxygens (including phenoxy) is 2. The summed E-state index contributed by atoms with van der Waals surface area (Å²) in [6.45, 7) is 2.78. The molecule has 11 nitrogen and oxygen atoms in total. The van der Waals surface area contributed by atoms with E-state index in [1.807, 2.05) is 13.1 Å². The second-order valence-electron chi connectivity index (χ2n) is 8.56. The van der Waals surface area contributed by atoms with Gasteiger partial charge in [0.1, 0.15) is 24.3 Å². The van der Waals surface area contributed by atoms with Crippen LogP contribution in [0.3, 0.4) is 0 Å². The lowest BCUT2D eigenvalue weighted by molar-refractivity contribution is -0.274. The molecule has 41 heavy (non-hydrogen) atoms. The van der Waals surface area contributed by atoms with Crippen LogP contribution in [0.2, 0.25) is 0 Å². The molecule has 0 aliphatic rings. The largest absolute Gasteiger partial charge is 0.573 e. The fraction of sp³-hybridized carbons (Fsp3) is 0.333. The fourth-order valence-electron chi connectivity index (χ4n) is 3.27. The van der Waals surface area contributed by atoms with Crippen LogP contribution in [0, 0.1) is 0 Å². The van der Waals surface area contributed by atoms with Gasteiger partial charge in [-0.05, 0) is 55.0 Å². The molecule has 0 unspecified atom stereocenters. The van der Waals surface area contributed by atoms with Gasteiger partial charge in [-0.15, -0.1) is 18.3 Å². The van der Waals surface area contributed by atoms with Gasteiger partial charge >= 0.3 is 18.3 Å². The number of carbonyl (C=O) groups is 1. The lowest BCUT2D eigenvalue weighted by Gasteiger charge is -2.08. The topological polar surface area (TPSA) is 138 Å². The highest BCUT2D eigenvalue weighted by atomic mass is 19.4. The highest BCUT2D eigenvalue weighted by Gasteiger charge is 2.30. The molecule has 4 rings (SSSR count). The number of aryl methyl sites for hydroxylation is 2. The number of hydrogen-bond acceptors (Lipinski definition) is 9. The standard InChI is InChI=1S/C23H21F3N6O3.C4H8O2/c24-23(25,26)35-20-7-4-17(5-8-20)6-9-21-30-19(15-33-21)16-34-22-27-13-18(14-28-22)3-1-2-11-32-12-10-29-31-32;1-2-3-4(5)6/h4-10,12-15H,1-3,11,16H2;2-3H2,1H3,(H,5,6). The summed E-state index contributed by atoms with van der Waals surface area (Å²) in [5, 5.41) is 15.6. The summed E-state index contributed by atoms with van der Waals surface area (Å²) in [5.41, 5.74) is 2.21. The van der Waals surface area contributed by atoms with E-state index in [0.717, 1.165) is 37.8 Å². The van der Waals surface area contributed by atoms with Crippen LogP contribution in [0.4, 0.5) is 13.2 Å². The maximum Gasteiger partial charge on any atom is 0.573 e. The highest BCUT2D eigenvalue weighted by molar-refractivity contribution is 5.66. The van der Waals surface area contributed by atoms with E-state index in [9.17, 15) is 18.0 Å². The number of unbranched alkanes of at least 4 members (excludes halogenated alkanes) is 1. The molecule has 0 radical (unpaired) electrons. The molecule has 218 valence electrons. The van der Waals surface area contributed by atoms with Crippen molar-refractivity contribution in [2.45, 2.75) is 58.5 Å². The van der Waals surface area contributed by atoms with Crippen LogP contribution in [0.5, 0.6) is 11.8 Å². The van der Waals surface area contributed by atoms with Crippen LogP contribution in [0.1, 0.15) is 55.3 Å². The van der Waals surface area contributed by atoms with E-state index in [4.69, 9.17) is 14.3 Å². The van der Waals surface area contributed by atoms with Crippen molar-refractivity contribution < 1.29 is 37.0 Å². The number of aliphatic carboxylic acids is 1. The Kier molecular flexibility index (Phi) is 11.8. The molecule has 0 aliphatic carbocycles. The minimum atomic E-state index is -4.72. The molecule has 1 aromatic carbocycles. The van der Waals surface area contributed by atoms with E-state index in [2.05, 4.69) is 30.0 Å². The zero-order chi connectivity index (χ0) is 29.5. The van der Waals surface area contributed by atoms with Crippen molar-refractivity contribution in [1.29, 1.82) is 0 Å². The Balaban J connectivity index is 0.000000696. The molecule has 0 spiro atoms. The monoisotopic (exact) mass is 574 g/mol. The molecule has 1 N–H and O–H groups in total. The molecule has 0 atom stereocenters. The summed E-state index contributed by atoms with van der Waals surface area (Å²) in [5.74, 6) is -0.678. The molecule has 3 aromatic heterocycles. The van der Waals surface area contributed by atoms with Gasteiger partial charge in [-0.2, -0.15) is 0 Å². The average molecular weight is 575 g/mol. The lowest BCUT2D eigenvalue weighted by Crippen LogP contribution is -2.16. The van der Waals surface area contributed by atoms with Gasteiger partial charge in [-0.3, -0.25) is 9.48 Å². The van der Waals surface area contributed by atoms with Crippen molar-refractivity contribution in [3.05, 3.63) is 78.0 Å². The number of alkyl halides is 3. The van der Waals surface area contributed by atoms with Crippen LogP contribution in [-0.2, 0) is 24.4 Å². The number of hydrogen-bond donors (Lipinski definition) is 1. The Hall–Kier alpha value is -4.75. The van der Waals surface area contributed by atoms with E-state index in [-0.39, 0.29) is 18.4 Å². The first-order chi connectivity index (χ1) is 19.7. The molecule has 0 bridgehead atoms. The predicted molar refractivity (Wildman–Crippen MR) is 140 cm³/mol. The summed E-state index contributed by atoms with van der Waals surface area (Å²) >= 11 is 0. The zero-order valence-electron chi connectivity index (χ0n) is 22.2. The molecule has 0 fully saturated rings.